The van der Waals surface area contributed by atoms with Gasteiger partial charge in [0.15, 0.2) is 9.34 Å². The maximum absolute atomic E-state index is 12.3. The van der Waals surface area contributed by atoms with E-state index in [0.717, 1.165) is 17.2 Å². The van der Waals surface area contributed by atoms with Crippen molar-refractivity contribution in [1.82, 2.24) is 29.2 Å². The Kier molecular flexibility index (Phi) is 6.20. The van der Waals surface area contributed by atoms with Crippen LogP contribution in [-0.4, -0.2) is 51.9 Å². The third-order valence-electron chi connectivity index (χ3n) is 3.65. The molecule has 29 heavy (non-hydrogen) atoms. The molecule has 0 radical (unpaired) electrons. The lowest BCUT2D eigenvalue weighted by Crippen LogP contribution is -2.28. The van der Waals surface area contributed by atoms with Crippen molar-refractivity contribution in [1.29, 1.82) is 0 Å². The number of aromatic nitrogens is 5. The van der Waals surface area contributed by atoms with Gasteiger partial charge in [0.2, 0.25) is 5.91 Å². The molecule has 0 spiro atoms. The summed E-state index contributed by atoms with van der Waals surface area (Å²) in [5, 5.41) is 5.77. The summed E-state index contributed by atoms with van der Waals surface area (Å²) in [6.07, 6.45) is 4.70. The highest BCUT2D eigenvalue weighted by Crippen LogP contribution is 2.22. The normalized spacial score (nSPS) is 11.4. The Balaban J connectivity index is 1.59. The molecule has 0 saturated carbocycles. The minimum atomic E-state index is -3.72. The van der Waals surface area contributed by atoms with Gasteiger partial charge in [0.1, 0.15) is 23.3 Å². The van der Waals surface area contributed by atoms with Gasteiger partial charge in [-0.25, -0.2) is 33.1 Å². The van der Waals surface area contributed by atoms with E-state index in [9.17, 15) is 13.2 Å². The summed E-state index contributed by atoms with van der Waals surface area (Å²) in [6.45, 7) is 5.43. The fourth-order valence-electron chi connectivity index (χ4n) is 2.43. The summed E-state index contributed by atoms with van der Waals surface area (Å²) in [6, 6.07) is 1.76. The average Bonchev–Trinajstić information content (AvgIpc) is 3.27. The van der Waals surface area contributed by atoms with E-state index >= 15 is 0 Å². The van der Waals surface area contributed by atoms with Gasteiger partial charge >= 0.3 is 0 Å². The molecule has 1 amide bonds. The molecule has 13 heteroatoms. The second-order valence-corrected chi connectivity index (χ2v) is 9.02. The molecule has 154 valence electrons. The lowest BCUT2D eigenvalue weighted by molar-refractivity contribution is -0.114. The molecule has 3 aromatic rings. The molecule has 0 aromatic carbocycles. The molecule has 0 atom stereocenters. The Hall–Kier alpha value is -2.90. The number of sulfonamides is 1. The number of nitrogens with one attached hydrogen (secondary N) is 3. The van der Waals surface area contributed by atoms with Crippen molar-refractivity contribution in [2.24, 2.45) is 0 Å². The number of rotatable bonds is 8. The molecule has 0 aliphatic rings. The number of anilines is 2. The summed E-state index contributed by atoms with van der Waals surface area (Å²) in [7, 11) is -3.72. The minimum Gasteiger partial charge on any atom is -0.369 e. The second-order valence-electron chi connectivity index (χ2n) is 5.99. The van der Waals surface area contributed by atoms with Gasteiger partial charge in [-0.15, -0.1) is 0 Å². The Morgan fingerprint density at radius 3 is 2.69 bits per heavy atom. The van der Waals surface area contributed by atoms with Crippen LogP contribution >= 0.6 is 11.3 Å². The fraction of sp³-hybridized carbons (Fsp3) is 0.312. The van der Waals surface area contributed by atoms with E-state index in [1.165, 1.54) is 13.1 Å². The van der Waals surface area contributed by atoms with Gasteiger partial charge in [0.25, 0.3) is 10.0 Å². The molecule has 0 aliphatic heterocycles. The molecule has 3 aromatic heterocycles. The zero-order valence-corrected chi connectivity index (χ0v) is 17.6. The highest BCUT2D eigenvalue weighted by Gasteiger charge is 2.17. The van der Waals surface area contributed by atoms with E-state index in [4.69, 9.17) is 0 Å². The van der Waals surface area contributed by atoms with Crippen LogP contribution in [0.15, 0.2) is 28.9 Å². The van der Waals surface area contributed by atoms with Crippen molar-refractivity contribution >= 4 is 38.2 Å². The van der Waals surface area contributed by atoms with E-state index < -0.39 is 10.0 Å². The monoisotopic (exact) mass is 436 g/mol. The van der Waals surface area contributed by atoms with Crippen LogP contribution < -0.4 is 15.4 Å². The number of hydrogen-bond acceptors (Lipinski definition) is 9. The Bertz CT molecular complexity index is 1120. The first-order chi connectivity index (χ1) is 13.7. The second kappa shape index (κ2) is 8.63. The molecule has 3 rings (SSSR count). The van der Waals surface area contributed by atoms with Crippen LogP contribution in [-0.2, 0) is 14.8 Å². The molecular weight excluding hydrogens is 416 g/mol. The molecular formula is C16H20N8O3S2. The molecule has 3 N–H and O–H groups in total. The van der Waals surface area contributed by atoms with Gasteiger partial charge in [-0.2, -0.15) is 0 Å². The van der Waals surface area contributed by atoms with Crippen molar-refractivity contribution in [3.63, 3.8) is 0 Å². The quantitative estimate of drug-likeness (QED) is 0.445. The van der Waals surface area contributed by atoms with E-state index in [0.29, 0.717) is 24.0 Å². The van der Waals surface area contributed by atoms with E-state index in [2.05, 4.69) is 35.3 Å². The Morgan fingerprint density at radius 1 is 1.21 bits per heavy atom. The number of aryl methyl sites for hydroxylation is 2. The summed E-state index contributed by atoms with van der Waals surface area (Å²) in [4.78, 5) is 27.8. The van der Waals surface area contributed by atoms with Gasteiger partial charge in [-0.3, -0.25) is 9.36 Å². The van der Waals surface area contributed by atoms with Crippen molar-refractivity contribution in [3.05, 3.63) is 36.3 Å². The largest absolute Gasteiger partial charge is 0.369 e. The lowest BCUT2D eigenvalue weighted by Gasteiger charge is -2.10. The van der Waals surface area contributed by atoms with Crippen molar-refractivity contribution in [2.75, 3.05) is 23.7 Å². The molecule has 11 nitrogen and oxygen atoms in total. The van der Waals surface area contributed by atoms with Crippen LogP contribution in [0.5, 0.6) is 0 Å². The highest BCUT2D eigenvalue weighted by molar-refractivity contribution is 7.91. The number of hydrogen-bond donors (Lipinski definition) is 3. The van der Waals surface area contributed by atoms with Crippen LogP contribution in [0.3, 0.4) is 0 Å². The maximum atomic E-state index is 12.3. The van der Waals surface area contributed by atoms with E-state index in [-0.39, 0.29) is 21.8 Å². The predicted molar refractivity (Wildman–Crippen MR) is 109 cm³/mol. The van der Waals surface area contributed by atoms with Crippen molar-refractivity contribution in [3.8, 4) is 5.82 Å². The standard InChI is InChI=1S/C16H20N8O3S2/c1-10-21-13(8-14(22-10)24-7-6-17-11(24)2)18-4-5-20-29(26,27)15-9-19-16(28-15)23-12(3)25/h6-9,20H,4-5H2,1-3H3,(H,18,21,22)(H,19,23,25). The Labute approximate surface area is 171 Å². The zero-order valence-electron chi connectivity index (χ0n) is 16.0. The summed E-state index contributed by atoms with van der Waals surface area (Å²) >= 11 is 0.883. The van der Waals surface area contributed by atoms with E-state index in [1.54, 1.807) is 25.4 Å². The van der Waals surface area contributed by atoms with Crippen molar-refractivity contribution in [2.45, 2.75) is 25.0 Å². The zero-order chi connectivity index (χ0) is 21.0. The molecule has 3 heterocycles. The topological polar surface area (TPSA) is 144 Å². The van der Waals surface area contributed by atoms with Crippen LogP contribution in [0.2, 0.25) is 0 Å². The number of carbonyl (C=O) groups is 1. The summed E-state index contributed by atoms with van der Waals surface area (Å²) in [5.74, 6) is 2.31. The summed E-state index contributed by atoms with van der Waals surface area (Å²) in [5.41, 5.74) is 0. The average molecular weight is 437 g/mol. The number of amides is 1. The number of thiazole rings is 1. The predicted octanol–water partition coefficient (Wildman–Crippen LogP) is 1.08. The molecule has 0 aliphatic carbocycles. The fourth-order valence-corrected chi connectivity index (χ4v) is 4.58. The van der Waals surface area contributed by atoms with Gasteiger partial charge in [-0.1, -0.05) is 11.3 Å². The molecule has 0 unspecified atom stereocenters. The van der Waals surface area contributed by atoms with Gasteiger partial charge in [-0.05, 0) is 13.8 Å². The van der Waals surface area contributed by atoms with Gasteiger partial charge in [0.05, 0.1) is 6.20 Å². The SMILES string of the molecule is CC(=O)Nc1ncc(S(=O)(=O)NCCNc2cc(-n3ccnc3C)nc(C)n2)s1. The number of imidazole rings is 1. The molecule has 0 fully saturated rings. The maximum Gasteiger partial charge on any atom is 0.251 e. The van der Waals surface area contributed by atoms with Crippen molar-refractivity contribution < 1.29 is 13.2 Å². The Morgan fingerprint density at radius 2 is 2.00 bits per heavy atom. The van der Waals surface area contributed by atoms with Gasteiger partial charge < -0.3 is 10.6 Å². The van der Waals surface area contributed by atoms with Crippen LogP contribution in [0.25, 0.3) is 5.82 Å². The first-order valence-electron chi connectivity index (χ1n) is 8.57. The van der Waals surface area contributed by atoms with E-state index in [1.807, 2.05) is 11.5 Å². The number of nitrogens with zero attached hydrogens (tertiary/aromatic N) is 5. The molecule has 0 bridgehead atoms. The van der Waals surface area contributed by atoms with Crippen LogP contribution in [0, 0.1) is 13.8 Å². The highest BCUT2D eigenvalue weighted by atomic mass is 32.2. The minimum absolute atomic E-state index is 0.0250. The first-order valence-corrected chi connectivity index (χ1v) is 10.9. The van der Waals surface area contributed by atoms with Gasteiger partial charge in [0, 0.05) is 38.5 Å². The third-order valence-corrected chi connectivity index (χ3v) is 6.49. The van der Waals surface area contributed by atoms with Crippen LogP contribution in [0.1, 0.15) is 18.6 Å². The van der Waals surface area contributed by atoms with Crippen LogP contribution in [0.4, 0.5) is 10.9 Å². The first kappa shape index (κ1) is 20.8. The molecule has 0 saturated heterocycles. The third kappa shape index (κ3) is 5.34. The summed E-state index contributed by atoms with van der Waals surface area (Å²) < 4.78 is 29.0. The lowest BCUT2D eigenvalue weighted by atomic mass is 10.4. The smallest absolute Gasteiger partial charge is 0.251 e. The number of carbonyl (C=O) groups excluding carboxylic acids is 1.